The number of carboxylic acid groups (broad SMARTS) is 1. The zero-order chi connectivity index (χ0) is 13.7. The Morgan fingerprint density at radius 3 is 2.60 bits per heavy atom. The predicted molar refractivity (Wildman–Crippen MR) is 79.2 cm³/mol. The quantitative estimate of drug-likeness (QED) is 0.774. The molecule has 5 nitrogen and oxygen atoms in total. The van der Waals surface area contributed by atoms with Crippen LogP contribution in [0.3, 0.4) is 0 Å². The van der Waals surface area contributed by atoms with Crippen molar-refractivity contribution in [1.82, 2.24) is 10.2 Å². The van der Waals surface area contributed by atoms with Crippen molar-refractivity contribution in [3.05, 3.63) is 35.9 Å². The summed E-state index contributed by atoms with van der Waals surface area (Å²) < 4.78 is 0. The SMILES string of the molecule is Cl.O=C(O)N(CCC1(O)CCNC1)Cc1ccccc1. The molecule has 0 bridgehead atoms. The number of benzene rings is 1. The lowest BCUT2D eigenvalue weighted by Crippen LogP contribution is -2.38. The number of rotatable bonds is 5. The Kier molecular flexibility index (Phi) is 6.26. The molecule has 1 fully saturated rings. The number of nitrogens with one attached hydrogen (secondary N) is 1. The molecule has 1 saturated heterocycles. The lowest BCUT2D eigenvalue weighted by atomic mass is 9.99. The Morgan fingerprint density at radius 1 is 1.35 bits per heavy atom. The van der Waals surface area contributed by atoms with Crippen molar-refractivity contribution in [2.75, 3.05) is 19.6 Å². The number of hydrogen-bond acceptors (Lipinski definition) is 3. The topological polar surface area (TPSA) is 72.8 Å². The molecular weight excluding hydrogens is 280 g/mol. The highest BCUT2D eigenvalue weighted by Gasteiger charge is 2.31. The van der Waals surface area contributed by atoms with Gasteiger partial charge in [0.05, 0.1) is 5.60 Å². The van der Waals surface area contributed by atoms with E-state index < -0.39 is 11.7 Å². The molecule has 0 radical (unpaired) electrons. The van der Waals surface area contributed by atoms with E-state index in [1.54, 1.807) is 0 Å². The minimum Gasteiger partial charge on any atom is -0.465 e. The second-order valence-electron chi connectivity index (χ2n) is 5.09. The molecule has 3 N–H and O–H groups in total. The molecule has 1 aromatic rings. The van der Waals surface area contributed by atoms with Crippen LogP contribution in [-0.2, 0) is 6.54 Å². The van der Waals surface area contributed by atoms with Crippen LogP contribution in [0.5, 0.6) is 0 Å². The van der Waals surface area contributed by atoms with Crippen LogP contribution in [0.1, 0.15) is 18.4 Å². The van der Waals surface area contributed by atoms with Crippen LogP contribution in [0.4, 0.5) is 4.79 Å². The van der Waals surface area contributed by atoms with E-state index in [0.717, 1.165) is 12.1 Å². The summed E-state index contributed by atoms with van der Waals surface area (Å²) in [7, 11) is 0. The summed E-state index contributed by atoms with van der Waals surface area (Å²) in [5, 5.41) is 22.5. The third kappa shape index (κ3) is 4.67. The zero-order valence-corrected chi connectivity index (χ0v) is 12.1. The van der Waals surface area contributed by atoms with Crippen LogP contribution < -0.4 is 5.32 Å². The first-order chi connectivity index (χ1) is 9.09. The van der Waals surface area contributed by atoms with Gasteiger partial charge in [-0.05, 0) is 24.9 Å². The maximum Gasteiger partial charge on any atom is 0.407 e. The second-order valence-corrected chi connectivity index (χ2v) is 5.09. The van der Waals surface area contributed by atoms with Gasteiger partial charge in [0.2, 0.25) is 0 Å². The van der Waals surface area contributed by atoms with Gasteiger partial charge in [-0.3, -0.25) is 0 Å². The van der Waals surface area contributed by atoms with Crippen molar-refractivity contribution < 1.29 is 15.0 Å². The van der Waals surface area contributed by atoms with Crippen LogP contribution in [0, 0.1) is 0 Å². The van der Waals surface area contributed by atoms with Gasteiger partial charge in [-0.15, -0.1) is 12.4 Å². The van der Waals surface area contributed by atoms with Gasteiger partial charge >= 0.3 is 6.09 Å². The third-order valence-corrected chi connectivity index (χ3v) is 3.56. The van der Waals surface area contributed by atoms with E-state index in [1.807, 2.05) is 30.3 Å². The number of carbonyl (C=O) groups is 1. The summed E-state index contributed by atoms with van der Waals surface area (Å²) in [5.74, 6) is 0. The van der Waals surface area contributed by atoms with Gasteiger partial charge < -0.3 is 20.4 Å². The largest absolute Gasteiger partial charge is 0.465 e. The lowest BCUT2D eigenvalue weighted by Gasteiger charge is -2.26. The van der Waals surface area contributed by atoms with Crippen molar-refractivity contribution in [3.63, 3.8) is 0 Å². The first-order valence-corrected chi connectivity index (χ1v) is 6.54. The lowest BCUT2D eigenvalue weighted by molar-refractivity contribution is 0.0402. The molecular formula is C14H21ClN2O3. The van der Waals surface area contributed by atoms with Gasteiger partial charge in [0.1, 0.15) is 0 Å². The van der Waals surface area contributed by atoms with Gasteiger partial charge in [-0.25, -0.2) is 4.79 Å². The zero-order valence-electron chi connectivity index (χ0n) is 11.3. The molecule has 1 unspecified atom stereocenters. The summed E-state index contributed by atoms with van der Waals surface area (Å²) >= 11 is 0. The third-order valence-electron chi connectivity index (χ3n) is 3.56. The van der Waals surface area contributed by atoms with E-state index in [0.29, 0.717) is 32.5 Å². The minimum absolute atomic E-state index is 0. The number of amides is 1. The number of aliphatic hydroxyl groups is 1. The molecule has 1 aromatic carbocycles. The molecule has 0 saturated carbocycles. The van der Waals surface area contributed by atoms with Gasteiger partial charge in [-0.2, -0.15) is 0 Å². The molecule has 0 spiro atoms. The number of halogens is 1. The van der Waals surface area contributed by atoms with Gasteiger partial charge in [0.25, 0.3) is 0 Å². The van der Waals surface area contributed by atoms with Gasteiger partial charge in [0.15, 0.2) is 0 Å². The van der Waals surface area contributed by atoms with E-state index in [2.05, 4.69) is 5.32 Å². The van der Waals surface area contributed by atoms with Gasteiger partial charge in [-0.1, -0.05) is 30.3 Å². The second kappa shape index (κ2) is 7.47. The molecule has 1 heterocycles. The molecule has 112 valence electrons. The van der Waals surface area contributed by atoms with Crippen LogP contribution in [-0.4, -0.2) is 46.4 Å². The Labute approximate surface area is 125 Å². The molecule has 0 aliphatic carbocycles. The number of β-amino-alcohol motifs (C(OH)–C–C–N with tert-alkyl or cyclic N) is 1. The molecule has 6 heteroatoms. The fourth-order valence-electron chi connectivity index (χ4n) is 2.33. The Morgan fingerprint density at radius 2 is 2.05 bits per heavy atom. The van der Waals surface area contributed by atoms with Gasteiger partial charge in [0, 0.05) is 19.6 Å². The smallest absolute Gasteiger partial charge is 0.407 e. The Hall–Kier alpha value is -1.30. The number of nitrogens with zero attached hydrogens (tertiary/aromatic N) is 1. The van der Waals surface area contributed by atoms with Crippen LogP contribution in [0.2, 0.25) is 0 Å². The summed E-state index contributed by atoms with van der Waals surface area (Å²) in [6.07, 6.45) is 0.212. The maximum absolute atomic E-state index is 11.2. The summed E-state index contributed by atoms with van der Waals surface area (Å²) in [5.41, 5.74) is 0.200. The summed E-state index contributed by atoms with van der Waals surface area (Å²) in [6, 6.07) is 9.50. The Bertz CT molecular complexity index is 422. The van der Waals surface area contributed by atoms with E-state index in [-0.39, 0.29) is 12.4 Å². The van der Waals surface area contributed by atoms with Crippen molar-refractivity contribution in [3.8, 4) is 0 Å². The molecule has 1 atom stereocenters. The van der Waals surface area contributed by atoms with E-state index in [9.17, 15) is 15.0 Å². The molecule has 1 amide bonds. The van der Waals surface area contributed by atoms with E-state index in [4.69, 9.17) is 0 Å². The average molecular weight is 301 g/mol. The Balaban J connectivity index is 0.00000200. The molecule has 1 aliphatic rings. The number of hydrogen-bond donors (Lipinski definition) is 3. The highest BCUT2D eigenvalue weighted by atomic mass is 35.5. The standard InChI is InChI=1S/C14H20N2O3.ClH/c17-13(18)16(10-12-4-2-1-3-5-12)9-7-14(19)6-8-15-11-14;/h1-5,15,19H,6-11H2,(H,17,18);1H. The summed E-state index contributed by atoms with van der Waals surface area (Å²) in [6.45, 7) is 2.05. The van der Waals surface area contributed by atoms with Crippen molar-refractivity contribution >= 4 is 18.5 Å². The van der Waals surface area contributed by atoms with Crippen molar-refractivity contribution in [2.24, 2.45) is 0 Å². The molecule has 1 aliphatic heterocycles. The molecule has 0 aromatic heterocycles. The highest BCUT2D eigenvalue weighted by molar-refractivity contribution is 5.85. The minimum atomic E-state index is -0.946. The fraction of sp³-hybridized carbons (Fsp3) is 0.500. The molecule has 2 rings (SSSR count). The van der Waals surface area contributed by atoms with Crippen LogP contribution in [0.15, 0.2) is 30.3 Å². The normalized spacial score (nSPS) is 21.2. The molecule has 20 heavy (non-hydrogen) atoms. The fourth-order valence-corrected chi connectivity index (χ4v) is 2.33. The van der Waals surface area contributed by atoms with Crippen molar-refractivity contribution in [1.29, 1.82) is 0 Å². The first-order valence-electron chi connectivity index (χ1n) is 6.54. The maximum atomic E-state index is 11.2. The van der Waals surface area contributed by atoms with E-state index in [1.165, 1.54) is 4.90 Å². The van der Waals surface area contributed by atoms with Crippen molar-refractivity contribution in [2.45, 2.75) is 25.0 Å². The average Bonchev–Trinajstić information content (AvgIpc) is 2.83. The monoisotopic (exact) mass is 300 g/mol. The highest BCUT2D eigenvalue weighted by Crippen LogP contribution is 2.19. The summed E-state index contributed by atoms with van der Waals surface area (Å²) in [4.78, 5) is 12.6. The first kappa shape index (κ1) is 16.8. The van der Waals surface area contributed by atoms with Crippen LogP contribution >= 0.6 is 12.4 Å². The van der Waals surface area contributed by atoms with Crippen LogP contribution in [0.25, 0.3) is 0 Å². The van der Waals surface area contributed by atoms with E-state index >= 15 is 0 Å². The predicted octanol–water partition coefficient (Wildman–Crippen LogP) is 1.70.